The van der Waals surface area contributed by atoms with Gasteiger partial charge in [-0.25, -0.2) is 0 Å². The quantitative estimate of drug-likeness (QED) is 0.854. The Balaban J connectivity index is 1.85. The van der Waals surface area contributed by atoms with E-state index in [-0.39, 0.29) is 0 Å². The SMILES string of the molecule is CC(c1cccc(Cl)c1)N(C)CCC(N)C1CC1. The molecular weight excluding hydrogens is 244 g/mol. The third-order valence-corrected chi connectivity index (χ3v) is 4.27. The zero-order chi connectivity index (χ0) is 13.1. The summed E-state index contributed by atoms with van der Waals surface area (Å²) in [6.45, 7) is 3.26. The van der Waals surface area contributed by atoms with Crippen LogP contribution in [0.15, 0.2) is 24.3 Å². The van der Waals surface area contributed by atoms with Gasteiger partial charge in [-0.15, -0.1) is 0 Å². The number of hydrogen-bond acceptors (Lipinski definition) is 2. The van der Waals surface area contributed by atoms with Gasteiger partial charge in [0.25, 0.3) is 0 Å². The highest BCUT2D eigenvalue weighted by Gasteiger charge is 2.28. The van der Waals surface area contributed by atoms with Crippen molar-refractivity contribution < 1.29 is 0 Å². The van der Waals surface area contributed by atoms with Crippen LogP contribution in [0.3, 0.4) is 0 Å². The van der Waals surface area contributed by atoms with Crippen molar-refractivity contribution in [1.82, 2.24) is 4.90 Å². The van der Waals surface area contributed by atoms with E-state index in [4.69, 9.17) is 17.3 Å². The molecule has 1 aromatic rings. The van der Waals surface area contributed by atoms with Crippen LogP contribution in [-0.2, 0) is 0 Å². The predicted molar refractivity (Wildman–Crippen MR) is 77.8 cm³/mol. The lowest BCUT2D eigenvalue weighted by atomic mass is 10.1. The largest absolute Gasteiger partial charge is 0.327 e. The zero-order valence-corrected chi connectivity index (χ0v) is 12.0. The Hall–Kier alpha value is -0.570. The maximum atomic E-state index is 6.14. The van der Waals surface area contributed by atoms with Gasteiger partial charge in [0.2, 0.25) is 0 Å². The maximum absolute atomic E-state index is 6.14. The van der Waals surface area contributed by atoms with Crippen molar-refractivity contribution in [2.75, 3.05) is 13.6 Å². The minimum absolute atomic E-state index is 0.384. The molecule has 1 fully saturated rings. The third kappa shape index (κ3) is 3.71. The van der Waals surface area contributed by atoms with Gasteiger partial charge in [-0.05, 0) is 63.4 Å². The number of benzene rings is 1. The molecule has 1 aromatic carbocycles. The van der Waals surface area contributed by atoms with Crippen molar-refractivity contribution in [3.8, 4) is 0 Å². The van der Waals surface area contributed by atoms with Gasteiger partial charge in [0.15, 0.2) is 0 Å². The molecule has 2 N–H and O–H groups in total. The Kier molecular flexibility index (Phi) is 4.66. The van der Waals surface area contributed by atoms with E-state index in [0.29, 0.717) is 12.1 Å². The molecule has 1 aliphatic rings. The third-order valence-electron chi connectivity index (χ3n) is 4.03. The molecule has 1 aliphatic carbocycles. The Labute approximate surface area is 115 Å². The summed E-state index contributed by atoms with van der Waals surface area (Å²) in [6, 6.07) is 8.88. The summed E-state index contributed by atoms with van der Waals surface area (Å²) in [5.41, 5.74) is 7.41. The molecule has 18 heavy (non-hydrogen) atoms. The number of hydrogen-bond donors (Lipinski definition) is 1. The molecule has 0 bridgehead atoms. The van der Waals surface area contributed by atoms with Crippen molar-refractivity contribution in [3.05, 3.63) is 34.9 Å². The van der Waals surface area contributed by atoms with Crippen LogP contribution in [0, 0.1) is 5.92 Å². The van der Waals surface area contributed by atoms with Crippen molar-refractivity contribution in [1.29, 1.82) is 0 Å². The van der Waals surface area contributed by atoms with Crippen molar-refractivity contribution >= 4 is 11.6 Å². The summed E-state index contributed by atoms with van der Waals surface area (Å²) in [6.07, 6.45) is 3.75. The summed E-state index contributed by atoms with van der Waals surface area (Å²) in [5.74, 6) is 0.792. The molecule has 0 saturated heterocycles. The number of nitrogens with two attached hydrogens (primary N) is 1. The van der Waals surface area contributed by atoms with Gasteiger partial charge in [-0.3, -0.25) is 4.90 Å². The molecule has 0 radical (unpaired) electrons. The Bertz CT molecular complexity index is 390. The molecule has 100 valence electrons. The summed E-state index contributed by atoms with van der Waals surface area (Å²) in [5, 5.41) is 0.808. The molecule has 0 amide bonds. The van der Waals surface area contributed by atoms with E-state index in [9.17, 15) is 0 Å². The molecule has 0 heterocycles. The van der Waals surface area contributed by atoms with Gasteiger partial charge in [-0.1, -0.05) is 23.7 Å². The molecule has 1 saturated carbocycles. The predicted octanol–water partition coefficient (Wildman–Crippen LogP) is 3.46. The minimum atomic E-state index is 0.384. The summed E-state index contributed by atoms with van der Waals surface area (Å²) in [4.78, 5) is 2.36. The Morgan fingerprint density at radius 1 is 1.44 bits per heavy atom. The van der Waals surface area contributed by atoms with E-state index < -0.39 is 0 Å². The summed E-state index contributed by atoms with van der Waals surface area (Å²) >= 11 is 6.03. The monoisotopic (exact) mass is 266 g/mol. The van der Waals surface area contributed by atoms with Gasteiger partial charge in [0.05, 0.1) is 0 Å². The average Bonchev–Trinajstić information content (AvgIpc) is 3.18. The van der Waals surface area contributed by atoms with Crippen LogP contribution >= 0.6 is 11.6 Å². The molecule has 0 aromatic heterocycles. The lowest BCUT2D eigenvalue weighted by molar-refractivity contribution is 0.248. The standard InChI is InChI=1S/C15H23ClN2/c1-11(13-4-3-5-14(16)10-13)18(2)9-8-15(17)12-6-7-12/h3-5,10-12,15H,6-9,17H2,1-2H3. The van der Waals surface area contributed by atoms with E-state index in [0.717, 1.165) is 23.9 Å². The normalized spacial score (nSPS) is 18.9. The molecule has 2 nitrogen and oxygen atoms in total. The van der Waals surface area contributed by atoms with Crippen molar-refractivity contribution in [2.24, 2.45) is 11.7 Å². The van der Waals surface area contributed by atoms with Gasteiger partial charge in [-0.2, -0.15) is 0 Å². The maximum Gasteiger partial charge on any atom is 0.0409 e. The fourth-order valence-electron chi connectivity index (χ4n) is 2.33. The topological polar surface area (TPSA) is 29.3 Å². The van der Waals surface area contributed by atoms with Crippen LogP contribution in [0.5, 0.6) is 0 Å². The van der Waals surface area contributed by atoms with E-state index in [1.54, 1.807) is 0 Å². The number of nitrogens with zero attached hydrogens (tertiary/aromatic N) is 1. The molecule has 2 atom stereocenters. The second-order valence-corrected chi connectivity index (χ2v) is 5.94. The summed E-state index contributed by atoms with van der Waals surface area (Å²) < 4.78 is 0. The first kappa shape index (κ1) is 13.9. The second kappa shape index (κ2) is 6.05. The number of rotatable bonds is 6. The van der Waals surface area contributed by atoms with Crippen LogP contribution in [0.4, 0.5) is 0 Å². The molecule has 2 rings (SSSR count). The minimum Gasteiger partial charge on any atom is -0.327 e. The molecular formula is C15H23ClN2. The average molecular weight is 267 g/mol. The van der Waals surface area contributed by atoms with E-state index in [1.807, 2.05) is 18.2 Å². The van der Waals surface area contributed by atoms with Gasteiger partial charge in [0, 0.05) is 17.1 Å². The van der Waals surface area contributed by atoms with Crippen LogP contribution in [0.2, 0.25) is 5.02 Å². The second-order valence-electron chi connectivity index (χ2n) is 5.50. The smallest absolute Gasteiger partial charge is 0.0409 e. The van der Waals surface area contributed by atoms with Crippen molar-refractivity contribution in [2.45, 2.75) is 38.3 Å². The Morgan fingerprint density at radius 3 is 2.78 bits per heavy atom. The first-order valence-corrected chi connectivity index (χ1v) is 7.17. The molecule has 0 aliphatic heterocycles. The Morgan fingerprint density at radius 2 is 2.17 bits per heavy atom. The van der Waals surface area contributed by atoms with Crippen LogP contribution < -0.4 is 5.73 Å². The first-order chi connectivity index (χ1) is 8.58. The van der Waals surface area contributed by atoms with E-state index >= 15 is 0 Å². The van der Waals surface area contributed by atoms with Gasteiger partial charge < -0.3 is 5.73 Å². The lowest BCUT2D eigenvalue weighted by Gasteiger charge is -2.26. The van der Waals surface area contributed by atoms with Crippen molar-refractivity contribution in [3.63, 3.8) is 0 Å². The molecule has 2 unspecified atom stereocenters. The van der Waals surface area contributed by atoms with Gasteiger partial charge >= 0.3 is 0 Å². The molecule has 3 heteroatoms. The highest BCUT2D eigenvalue weighted by Crippen LogP contribution is 2.33. The zero-order valence-electron chi connectivity index (χ0n) is 11.3. The first-order valence-electron chi connectivity index (χ1n) is 6.79. The van der Waals surface area contributed by atoms with Crippen LogP contribution in [-0.4, -0.2) is 24.5 Å². The fourth-order valence-corrected chi connectivity index (χ4v) is 2.53. The summed E-state index contributed by atoms with van der Waals surface area (Å²) in [7, 11) is 2.16. The van der Waals surface area contributed by atoms with E-state index in [1.165, 1.54) is 18.4 Å². The van der Waals surface area contributed by atoms with E-state index in [2.05, 4.69) is 24.9 Å². The highest BCUT2D eigenvalue weighted by molar-refractivity contribution is 6.30. The highest BCUT2D eigenvalue weighted by atomic mass is 35.5. The fraction of sp³-hybridized carbons (Fsp3) is 0.600. The van der Waals surface area contributed by atoms with Gasteiger partial charge in [0.1, 0.15) is 0 Å². The molecule has 0 spiro atoms. The van der Waals surface area contributed by atoms with Crippen LogP contribution in [0.25, 0.3) is 0 Å². The van der Waals surface area contributed by atoms with Crippen LogP contribution in [0.1, 0.15) is 37.8 Å². The lowest BCUT2D eigenvalue weighted by Crippen LogP contribution is -2.31. The number of halogens is 1.